The third-order valence-corrected chi connectivity index (χ3v) is 4.39. The first-order chi connectivity index (χ1) is 10.3. The zero-order chi connectivity index (χ0) is 17.6. The van der Waals surface area contributed by atoms with E-state index in [2.05, 4.69) is 4.98 Å². The maximum Gasteiger partial charge on any atom is 0.496 e. The van der Waals surface area contributed by atoms with E-state index in [4.69, 9.17) is 9.31 Å². The minimum Gasteiger partial charge on any atom is -0.465 e. The van der Waals surface area contributed by atoms with E-state index in [1.807, 2.05) is 48.5 Å². The summed E-state index contributed by atoms with van der Waals surface area (Å²) in [4.78, 5) is 17.0. The number of hydrogen-bond acceptors (Lipinski definition) is 4. The summed E-state index contributed by atoms with van der Waals surface area (Å²) >= 11 is 0. The molecule has 2 rings (SSSR count). The van der Waals surface area contributed by atoms with Crippen molar-refractivity contribution in [2.45, 2.75) is 65.2 Å². The number of rotatable bonds is 2. The summed E-state index contributed by atoms with van der Waals surface area (Å²) in [6.45, 7) is 13.4. The van der Waals surface area contributed by atoms with Crippen molar-refractivity contribution in [2.24, 2.45) is 0 Å². The third-order valence-electron chi connectivity index (χ3n) is 4.39. The van der Waals surface area contributed by atoms with E-state index in [0.717, 1.165) is 5.46 Å². The molecule has 0 aliphatic carbocycles. The number of amides is 1. The Balaban J connectivity index is 2.26. The smallest absolute Gasteiger partial charge is 0.465 e. The van der Waals surface area contributed by atoms with Gasteiger partial charge in [-0.1, -0.05) is 6.07 Å². The molecule has 0 saturated carbocycles. The second-order valence-electron chi connectivity index (χ2n) is 7.83. The number of anilines is 1. The molecule has 0 atom stereocenters. The Bertz CT molecular complexity index is 577. The number of nitrogens with zero attached hydrogens (tertiary/aromatic N) is 2. The Morgan fingerprint density at radius 2 is 1.70 bits per heavy atom. The molecular weight excluding hydrogens is 295 g/mol. The van der Waals surface area contributed by atoms with Crippen LogP contribution in [0, 0.1) is 0 Å². The van der Waals surface area contributed by atoms with Gasteiger partial charge in [0.25, 0.3) is 0 Å². The van der Waals surface area contributed by atoms with E-state index < -0.39 is 30.0 Å². The van der Waals surface area contributed by atoms with Crippen molar-refractivity contribution >= 4 is 24.5 Å². The van der Waals surface area contributed by atoms with Gasteiger partial charge in [-0.15, -0.1) is 0 Å². The van der Waals surface area contributed by atoms with Gasteiger partial charge in [-0.3, -0.25) is 4.90 Å². The van der Waals surface area contributed by atoms with Crippen molar-refractivity contribution in [3.05, 3.63) is 18.3 Å². The maximum absolute atomic E-state index is 11.5. The Morgan fingerprint density at radius 1 is 1.17 bits per heavy atom. The molecule has 1 aliphatic heterocycles. The van der Waals surface area contributed by atoms with E-state index in [1.54, 1.807) is 18.3 Å². The zero-order valence-electron chi connectivity index (χ0n) is 14.9. The van der Waals surface area contributed by atoms with E-state index in [0.29, 0.717) is 5.82 Å². The van der Waals surface area contributed by atoms with Crippen molar-refractivity contribution in [1.29, 1.82) is 0 Å². The molecule has 0 bridgehead atoms. The molecule has 126 valence electrons. The molecule has 1 N–H and O–H groups in total. The van der Waals surface area contributed by atoms with E-state index in [1.165, 1.54) is 4.90 Å². The molecule has 2 heterocycles. The first-order valence-corrected chi connectivity index (χ1v) is 7.70. The van der Waals surface area contributed by atoms with Crippen LogP contribution in [0.25, 0.3) is 0 Å². The topological polar surface area (TPSA) is 71.9 Å². The van der Waals surface area contributed by atoms with Gasteiger partial charge in [-0.25, -0.2) is 9.78 Å². The molecule has 1 aliphatic rings. The summed E-state index contributed by atoms with van der Waals surface area (Å²) in [5.41, 5.74) is -0.652. The van der Waals surface area contributed by atoms with Gasteiger partial charge >= 0.3 is 13.2 Å². The zero-order valence-corrected chi connectivity index (χ0v) is 14.9. The minimum atomic E-state index is -1.03. The lowest BCUT2D eigenvalue weighted by molar-refractivity contribution is 0.00578. The van der Waals surface area contributed by atoms with Crippen LogP contribution in [0.15, 0.2) is 18.3 Å². The van der Waals surface area contributed by atoms with Gasteiger partial charge < -0.3 is 14.4 Å². The summed E-state index contributed by atoms with van der Waals surface area (Å²) in [6.07, 6.45) is 0.576. The molecule has 0 radical (unpaired) electrons. The van der Waals surface area contributed by atoms with Gasteiger partial charge in [0.15, 0.2) is 0 Å². The lowest BCUT2D eigenvalue weighted by Crippen LogP contribution is -2.46. The average molecular weight is 320 g/mol. The van der Waals surface area contributed by atoms with Crippen LogP contribution in [0.4, 0.5) is 10.6 Å². The molecular formula is C16H25BN2O4. The number of pyridine rings is 1. The van der Waals surface area contributed by atoms with Crippen LogP contribution >= 0.6 is 0 Å². The lowest BCUT2D eigenvalue weighted by Gasteiger charge is -2.32. The fourth-order valence-electron chi connectivity index (χ4n) is 2.38. The monoisotopic (exact) mass is 320 g/mol. The highest BCUT2D eigenvalue weighted by Crippen LogP contribution is 2.36. The van der Waals surface area contributed by atoms with Crippen molar-refractivity contribution in [3.8, 4) is 0 Å². The van der Waals surface area contributed by atoms with Gasteiger partial charge in [0, 0.05) is 17.2 Å². The Labute approximate surface area is 137 Å². The fraction of sp³-hybridized carbons (Fsp3) is 0.625. The first kappa shape index (κ1) is 17.8. The van der Waals surface area contributed by atoms with Crippen LogP contribution in [0.1, 0.15) is 48.5 Å². The highest BCUT2D eigenvalue weighted by molar-refractivity contribution is 6.62. The van der Waals surface area contributed by atoms with Crippen LogP contribution < -0.4 is 10.4 Å². The Morgan fingerprint density at radius 3 is 2.04 bits per heavy atom. The highest BCUT2D eigenvalue weighted by atomic mass is 16.7. The van der Waals surface area contributed by atoms with Crippen molar-refractivity contribution in [2.75, 3.05) is 4.90 Å². The SMILES string of the molecule is CC(C)(C)N(C(=O)O)c1ccc(B2OC(C)(C)C(C)(C)O2)cn1. The fourth-order valence-corrected chi connectivity index (χ4v) is 2.38. The first-order valence-electron chi connectivity index (χ1n) is 7.70. The molecule has 0 spiro atoms. The lowest BCUT2D eigenvalue weighted by atomic mass is 9.80. The van der Waals surface area contributed by atoms with Crippen LogP contribution in [-0.4, -0.2) is 40.0 Å². The van der Waals surface area contributed by atoms with Gasteiger partial charge in [0.05, 0.1) is 11.2 Å². The van der Waals surface area contributed by atoms with Gasteiger partial charge in [0.2, 0.25) is 0 Å². The van der Waals surface area contributed by atoms with Crippen LogP contribution in [0.3, 0.4) is 0 Å². The number of carboxylic acid groups (broad SMARTS) is 1. The molecule has 1 amide bonds. The highest BCUT2D eigenvalue weighted by Gasteiger charge is 2.51. The largest absolute Gasteiger partial charge is 0.496 e. The molecule has 1 aromatic rings. The standard InChI is InChI=1S/C16H25BN2O4/c1-14(2,3)19(13(20)21)12-9-8-11(10-18-12)17-22-15(4,5)16(6,7)23-17/h8-10H,1-7H3,(H,20,21). The van der Waals surface area contributed by atoms with E-state index in [-0.39, 0.29) is 0 Å². The van der Waals surface area contributed by atoms with Crippen molar-refractivity contribution in [1.82, 2.24) is 4.98 Å². The second-order valence-corrected chi connectivity index (χ2v) is 7.83. The predicted octanol–water partition coefficient (Wildman–Crippen LogP) is 2.66. The number of hydrogen-bond donors (Lipinski definition) is 1. The maximum atomic E-state index is 11.5. The summed E-state index contributed by atoms with van der Waals surface area (Å²) < 4.78 is 11.9. The Hall–Kier alpha value is -1.60. The summed E-state index contributed by atoms with van der Waals surface area (Å²) in [5, 5.41) is 9.42. The predicted molar refractivity (Wildman–Crippen MR) is 90.2 cm³/mol. The van der Waals surface area contributed by atoms with Crippen molar-refractivity contribution in [3.63, 3.8) is 0 Å². The molecule has 1 aromatic heterocycles. The van der Waals surface area contributed by atoms with Crippen LogP contribution in [0.2, 0.25) is 0 Å². The molecule has 0 aromatic carbocycles. The molecule has 7 heteroatoms. The molecule has 1 fully saturated rings. The summed E-state index contributed by atoms with van der Waals surface area (Å²) in [7, 11) is -0.505. The van der Waals surface area contributed by atoms with E-state index in [9.17, 15) is 9.90 Å². The quantitative estimate of drug-likeness (QED) is 0.848. The summed E-state index contributed by atoms with van der Waals surface area (Å²) in [5.74, 6) is 0.380. The van der Waals surface area contributed by atoms with Crippen LogP contribution in [0.5, 0.6) is 0 Å². The van der Waals surface area contributed by atoms with Gasteiger partial charge in [-0.05, 0) is 54.5 Å². The molecule has 1 saturated heterocycles. The van der Waals surface area contributed by atoms with Crippen molar-refractivity contribution < 1.29 is 19.2 Å². The van der Waals surface area contributed by atoms with Crippen LogP contribution in [-0.2, 0) is 9.31 Å². The molecule has 6 nitrogen and oxygen atoms in total. The third kappa shape index (κ3) is 3.35. The average Bonchev–Trinajstić information content (AvgIpc) is 2.57. The Kier molecular flexibility index (Phi) is 4.24. The normalized spacial score (nSPS) is 19.7. The molecule has 0 unspecified atom stereocenters. The van der Waals surface area contributed by atoms with Gasteiger partial charge in [0.1, 0.15) is 5.82 Å². The van der Waals surface area contributed by atoms with Gasteiger partial charge in [-0.2, -0.15) is 0 Å². The minimum absolute atomic E-state index is 0.380. The summed E-state index contributed by atoms with van der Waals surface area (Å²) in [6, 6.07) is 3.48. The number of carbonyl (C=O) groups is 1. The van der Waals surface area contributed by atoms with E-state index >= 15 is 0 Å². The molecule has 23 heavy (non-hydrogen) atoms. The number of aromatic nitrogens is 1. The second kappa shape index (κ2) is 5.49.